The Balaban J connectivity index is 1.72. The first-order valence-corrected chi connectivity index (χ1v) is 7.95. The first-order valence-electron chi connectivity index (χ1n) is 6.75. The lowest BCUT2D eigenvalue weighted by Crippen LogP contribution is -2.27. The Morgan fingerprint density at radius 1 is 1.43 bits per heavy atom. The predicted octanol–water partition coefficient (Wildman–Crippen LogP) is 3.55. The molecule has 0 spiro atoms. The average molecular weight is 323 g/mol. The minimum atomic E-state index is -0.445. The zero-order valence-corrected chi connectivity index (χ0v) is 13.1. The topological polar surface area (TPSA) is 51.2 Å². The normalized spacial score (nSPS) is 17.1. The van der Waals surface area contributed by atoms with E-state index in [1.807, 2.05) is 0 Å². The van der Waals surface area contributed by atoms with Crippen molar-refractivity contribution in [3.05, 3.63) is 45.4 Å². The molecule has 4 nitrogen and oxygen atoms in total. The number of fused-ring (bicyclic) bond motifs is 1. The van der Waals surface area contributed by atoms with E-state index in [2.05, 4.69) is 39.3 Å². The number of carbonyl (C=O) groups is 1. The Bertz CT molecular complexity index is 671. The SMILES string of the molecule is COC(=O)c1sc(NC2CCc3ccccc3C2)nc1Cl. The molecule has 0 saturated heterocycles. The van der Waals surface area contributed by atoms with Crippen molar-refractivity contribution in [2.24, 2.45) is 0 Å². The van der Waals surface area contributed by atoms with Crippen molar-refractivity contribution in [1.29, 1.82) is 0 Å². The number of nitrogens with zero attached hydrogens (tertiary/aromatic N) is 1. The van der Waals surface area contributed by atoms with Gasteiger partial charge in [-0.1, -0.05) is 47.2 Å². The second-order valence-electron chi connectivity index (χ2n) is 4.98. The minimum Gasteiger partial charge on any atom is -0.465 e. The molecule has 0 fully saturated rings. The van der Waals surface area contributed by atoms with E-state index in [1.54, 1.807) is 0 Å². The number of hydrogen-bond donors (Lipinski definition) is 1. The van der Waals surface area contributed by atoms with Crippen LogP contribution in [0.5, 0.6) is 0 Å². The summed E-state index contributed by atoms with van der Waals surface area (Å²) in [5, 5.41) is 4.25. The molecule has 6 heteroatoms. The number of ether oxygens (including phenoxy) is 1. The summed E-state index contributed by atoms with van der Waals surface area (Å²) in [6, 6.07) is 8.80. The average Bonchev–Trinajstić information content (AvgIpc) is 2.87. The van der Waals surface area contributed by atoms with Crippen LogP contribution in [0.15, 0.2) is 24.3 Å². The van der Waals surface area contributed by atoms with E-state index in [0.29, 0.717) is 16.1 Å². The smallest absolute Gasteiger partial charge is 0.351 e. The highest BCUT2D eigenvalue weighted by Crippen LogP contribution is 2.30. The quantitative estimate of drug-likeness (QED) is 0.878. The largest absolute Gasteiger partial charge is 0.465 e. The Morgan fingerprint density at radius 3 is 2.95 bits per heavy atom. The van der Waals surface area contributed by atoms with Crippen LogP contribution in [-0.2, 0) is 17.6 Å². The van der Waals surface area contributed by atoms with Gasteiger partial charge in [0.25, 0.3) is 0 Å². The Labute approximate surface area is 132 Å². The van der Waals surface area contributed by atoms with Gasteiger partial charge in [0.1, 0.15) is 0 Å². The highest BCUT2D eigenvalue weighted by molar-refractivity contribution is 7.18. The van der Waals surface area contributed by atoms with Gasteiger partial charge in [-0.25, -0.2) is 9.78 Å². The fourth-order valence-corrected chi connectivity index (χ4v) is 3.76. The first-order chi connectivity index (χ1) is 10.2. The Morgan fingerprint density at radius 2 is 2.19 bits per heavy atom. The summed E-state index contributed by atoms with van der Waals surface area (Å²) in [6.45, 7) is 0. The van der Waals surface area contributed by atoms with Crippen molar-refractivity contribution >= 4 is 34.0 Å². The number of anilines is 1. The first kappa shape index (κ1) is 14.4. The maximum absolute atomic E-state index is 11.5. The molecule has 0 bridgehead atoms. The third kappa shape index (κ3) is 3.04. The number of methoxy groups -OCH3 is 1. The van der Waals surface area contributed by atoms with Crippen LogP contribution in [0.4, 0.5) is 5.13 Å². The maximum atomic E-state index is 11.5. The fraction of sp³-hybridized carbons (Fsp3) is 0.333. The van der Waals surface area contributed by atoms with E-state index in [0.717, 1.165) is 19.3 Å². The molecule has 0 saturated carbocycles. The van der Waals surface area contributed by atoms with Crippen molar-refractivity contribution in [2.75, 3.05) is 12.4 Å². The van der Waals surface area contributed by atoms with Crippen molar-refractivity contribution in [1.82, 2.24) is 4.98 Å². The van der Waals surface area contributed by atoms with Gasteiger partial charge in [-0.05, 0) is 30.4 Å². The molecule has 1 aliphatic carbocycles. The highest BCUT2D eigenvalue weighted by Gasteiger charge is 2.22. The second kappa shape index (κ2) is 6.03. The number of thiazole rings is 1. The molecular formula is C15H15ClN2O2S. The number of carbonyl (C=O) groups excluding carboxylic acids is 1. The summed E-state index contributed by atoms with van der Waals surface area (Å²) in [4.78, 5) is 16.1. The molecule has 2 aromatic rings. The predicted molar refractivity (Wildman–Crippen MR) is 84.3 cm³/mol. The Hall–Kier alpha value is -1.59. The molecular weight excluding hydrogens is 308 g/mol. The molecule has 1 unspecified atom stereocenters. The lowest BCUT2D eigenvalue weighted by molar-refractivity contribution is 0.0606. The van der Waals surface area contributed by atoms with Gasteiger partial charge in [-0.15, -0.1) is 0 Å². The van der Waals surface area contributed by atoms with E-state index >= 15 is 0 Å². The highest BCUT2D eigenvalue weighted by atomic mass is 35.5. The van der Waals surface area contributed by atoms with Gasteiger partial charge < -0.3 is 10.1 Å². The van der Waals surface area contributed by atoms with E-state index in [4.69, 9.17) is 11.6 Å². The van der Waals surface area contributed by atoms with Crippen LogP contribution in [0.2, 0.25) is 5.15 Å². The van der Waals surface area contributed by atoms with Crippen LogP contribution in [0, 0.1) is 0 Å². The molecule has 1 atom stereocenters. The summed E-state index contributed by atoms with van der Waals surface area (Å²) >= 11 is 7.21. The molecule has 110 valence electrons. The third-order valence-electron chi connectivity index (χ3n) is 3.63. The standard InChI is InChI=1S/C15H15ClN2O2S/c1-20-14(19)12-13(16)18-15(21-12)17-11-7-6-9-4-2-3-5-10(9)8-11/h2-5,11H,6-8H2,1H3,(H,17,18). The molecule has 0 radical (unpaired) electrons. The molecule has 1 aromatic carbocycles. The van der Waals surface area contributed by atoms with Crippen LogP contribution < -0.4 is 5.32 Å². The van der Waals surface area contributed by atoms with E-state index in [1.165, 1.54) is 29.6 Å². The molecule has 1 N–H and O–H groups in total. The third-order valence-corrected chi connectivity index (χ3v) is 4.98. The fourth-order valence-electron chi connectivity index (χ4n) is 2.58. The number of hydrogen-bond acceptors (Lipinski definition) is 5. The number of nitrogens with one attached hydrogen (secondary N) is 1. The summed E-state index contributed by atoms with van der Waals surface area (Å²) in [5.74, 6) is -0.445. The van der Waals surface area contributed by atoms with Gasteiger partial charge in [-0.3, -0.25) is 0 Å². The molecule has 3 rings (SSSR count). The van der Waals surface area contributed by atoms with E-state index in [9.17, 15) is 4.79 Å². The number of esters is 1. The second-order valence-corrected chi connectivity index (χ2v) is 6.34. The summed E-state index contributed by atoms with van der Waals surface area (Å²) < 4.78 is 4.69. The van der Waals surface area contributed by atoms with Gasteiger partial charge in [0.05, 0.1) is 7.11 Å². The number of aromatic nitrogens is 1. The Kier molecular flexibility index (Phi) is 4.12. The van der Waals surface area contributed by atoms with Gasteiger partial charge in [0.2, 0.25) is 0 Å². The summed E-state index contributed by atoms with van der Waals surface area (Å²) in [7, 11) is 1.34. The maximum Gasteiger partial charge on any atom is 0.351 e. The summed E-state index contributed by atoms with van der Waals surface area (Å²) in [5.41, 5.74) is 2.79. The molecule has 1 heterocycles. The zero-order valence-electron chi connectivity index (χ0n) is 11.6. The van der Waals surface area contributed by atoms with Crippen molar-refractivity contribution in [3.63, 3.8) is 0 Å². The van der Waals surface area contributed by atoms with Crippen molar-refractivity contribution < 1.29 is 9.53 Å². The number of rotatable bonds is 3. The van der Waals surface area contributed by atoms with Gasteiger partial charge in [0.15, 0.2) is 15.2 Å². The molecule has 1 aliphatic rings. The molecule has 21 heavy (non-hydrogen) atoms. The van der Waals surface area contributed by atoms with Gasteiger partial charge >= 0.3 is 5.97 Å². The van der Waals surface area contributed by atoms with Crippen molar-refractivity contribution in [3.8, 4) is 0 Å². The molecule has 0 amide bonds. The number of aryl methyl sites for hydroxylation is 1. The monoisotopic (exact) mass is 322 g/mol. The van der Waals surface area contributed by atoms with Crippen LogP contribution in [0.1, 0.15) is 27.2 Å². The molecule has 1 aromatic heterocycles. The lowest BCUT2D eigenvalue weighted by atomic mass is 9.88. The molecule has 0 aliphatic heterocycles. The van der Waals surface area contributed by atoms with Crippen LogP contribution in [0.3, 0.4) is 0 Å². The van der Waals surface area contributed by atoms with Gasteiger partial charge in [-0.2, -0.15) is 0 Å². The van der Waals surface area contributed by atoms with Crippen LogP contribution >= 0.6 is 22.9 Å². The van der Waals surface area contributed by atoms with Crippen LogP contribution in [0.25, 0.3) is 0 Å². The number of halogens is 1. The zero-order chi connectivity index (χ0) is 14.8. The minimum absolute atomic E-state index is 0.200. The van der Waals surface area contributed by atoms with Crippen LogP contribution in [-0.4, -0.2) is 24.1 Å². The lowest BCUT2D eigenvalue weighted by Gasteiger charge is -2.25. The number of benzene rings is 1. The van der Waals surface area contributed by atoms with E-state index in [-0.39, 0.29) is 5.15 Å². The summed E-state index contributed by atoms with van der Waals surface area (Å²) in [6.07, 6.45) is 3.06. The van der Waals surface area contributed by atoms with E-state index < -0.39 is 5.97 Å². The van der Waals surface area contributed by atoms with Crippen molar-refractivity contribution in [2.45, 2.75) is 25.3 Å². The van der Waals surface area contributed by atoms with Gasteiger partial charge in [0, 0.05) is 6.04 Å².